The third-order valence-electron chi connectivity index (χ3n) is 10.0. The van der Waals surface area contributed by atoms with Crippen molar-refractivity contribution in [3.63, 3.8) is 0 Å². The van der Waals surface area contributed by atoms with Gasteiger partial charge in [0.2, 0.25) is 29.5 Å². The number of para-hydroxylation sites is 1. The fourth-order valence-electron chi connectivity index (χ4n) is 7.03. The van der Waals surface area contributed by atoms with Crippen LogP contribution < -0.4 is 27.0 Å². The van der Waals surface area contributed by atoms with Crippen molar-refractivity contribution >= 4 is 57.3 Å². The van der Waals surface area contributed by atoms with Crippen molar-refractivity contribution in [2.45, 2.75) is 90.8 Å². The van der Waals surface area contributed by atoms with Crippen molar-refractivity contribution in [2.75, 3.05) is 72.3 Å². The lowest BCUT2D eigenvalue weighted by atomic mass is 10.0. The van der Waals surface area contributed by atoms with Crippen molar-refractivity contribution in [3.05, 3.63) is 30.1 Å². The van der Waals surface area contributed by atoms with Gasteiger partial charge in [0, 0.05) is 44.7 Å². The molecule has 7 N–H and O–H groups in total. The Kier molecular flexibility index (Phi) is 16.5. The number of primary amides is 1. The molecule has 2 aromatic heterocycles. The molecular formula is C40H63N11O7. The van der Waals surface area contributed by atoms with Gasteiger partial charge in [-0.3, -0.25) is 28.9 Å². The third kappa shape index (κ3) is 12.4. The number of anilines is 1. The first kappa shape index (κ1) is 45.9. The Hall–Kier alpha value is -4.75. The summed E-state index contributed by atoms with van der Waals surface area (Å²) in [5, 5.41) is 23.2. The minimum Gasteiger partial charge on any atom is -0.389 e. The second-order valence-corrected chi connectivity index (χ2v) is 16.1. The summed E-state index contributed by atoms with van der Waals surface area (Å²) in [5.74, 6) is -2.57. The number of pyridine rings is 1. The van der Waals surface area contributed by atoms with Gasteiger partial charge in [-0.05, 0) is 66.7 Å². The number of benzene rings is 1. The monoisotopic (exact) mass is 809 g/mol. The van der Waals surface area contributed by atoms with Gasteiger partial charge in [0.25, 0.3) is 0 Å². The van der Waals surface area contributed by atoms with Gasteiger partial charge in [-0.15, -0.1) is 0 Å². The highest BCUT2D eigenvalue weighted by Gasteiger charge is 2.40. The molecule has 1 aromatic carbocycles. The topological polar surface area (TPSA) is 229 Å². The van der Waals surface area contributed by atoms with E-state index in [2.05, 4.69) is 26.2 Å². The Morgan fingerprint density at radius 3 is 2.41 bits per heavy atom. The lowest BCUT2D eigenvalue weighted by Gasteiger charge is -2.30. The molecule has 0 aliphatic carbocycles. The summed E-state index contributed by atoms with van der Waals surface area (Å²) < 4.78 is 7.61. The van der Waals surface area contributed by atoms with E-state index in [4.69, 9.17) is 20.4 Å². The molecule has 58 heavy (non-hydrogen) atoms. The van der Waals surface area contributed by atoms with E-state index < -0.39 is 59.7 Å². The molecule has 0 saturated carbocycles. The van der Waals surface area contributed by atoms with Crippen LogP contribution in [0.4, 0.5) is 5.82 Å². The molecule has 4 rings (SSSR count). The average Bonchev–Trinajstić information content (AvgIpc) is 3.78. The number of amides is 5. The number of hydrogen-bond acceptors (Lipinski definition) is 12. The van der Waals surface area contributed by atoms with Gasteiger partial charge in [-0.2, -0.15) is 0 Å². The number of hydrogen-bond donors (Lipinski definition) is 6. The fourth-order valence-corrected chi connectivity index (χ4v) is 7.03. The lowest BCUT2D eigenvalue weighted by molar-refractivity contribution is -0.143. The van der Waals surface area contributed by atoms with Crippen LogP contribution in [0.3, 0.4) is 0 Å². The van der Waals surface area contributed by atoms with Crippen LogP contribution in [0, 0.1) is 5.92 Å². The predicted octanol–water partition coefficient (Wildman–Crippen LogP) is 0.405. The van der Waals surface area contributed by atoms with E-state index >= 15 is 0 Å². The maximum absolute atomic E-state index is 14.1. The number of ether oxygens (including phenoxy) is 1. The highest BCUT2D eigenvalue weighted by Crippen LogP contribution is 2.32. The maximum Gasteiger partial charge on any atom is 0.248 e. The average molecular weight is 810 g/mol. The number of carbonyl (C=O) groups is 5. The Labute approximate surface area is 340 Å². The van der Waals surface area contributed by atoms with Gasteiger partial charge in [0.15, 0.2) is 5.82 Å². The van der Waals surface area contributed by atoms with E-state index in [-0.39, 0.29) is 38.0 Å². The summed E-state index contributed by atoms with van der Waals surface area (Å²) in [6, 6.07) is 4.18. The SMILES string of the molecule is CCOCc1nc2c(NC(=O)[C@@H](NC(=O)[C@@H]3CCCN3C(=O)[C@H](CC(N)=O)NC(=O)CN(C)CCN(C)CCNC)C(C)C)nc3ccccc3c2n1CC(C)(C)O. The Bertz CT molecular complexity index is 1910. The fraction of sp³-hybridized carbons (Fsp3) is 0.625. The van der Waals surface area contributed by atoms with Gasteiger partial charge < -0.3 is 51.2 Å². The number of carbonyl (C=O) groups excluding carboxylic acids is 5. The van der Waals surface area contributed by atoms with Crippen molar-refractivity contribution in [1.82, 2.24) is 45.2 Å². The van der Waals surface area contributed by atoms with Gasteiger partial charge in [-0.1, -0.05) is 32.0 Å². The van der Waals surface area contributed by atoms with E-state index in [1.165, 1.54) is 4.90 Å². The molecule has 3 atom stereocenters. The van der Waals surface area contributed by atoms with Crippen LogP contribution in [0.25, 0.3) is 21.9 Å². The number of rotatable bonds is 22. The lowest BCUT2D eigenvalue weighted by Crippen LogP contribution is -2.57. The number of nitrogens with two attached hydrogens (primary N) is 1. The van der Waals surface area contributed by atoms with Gasteiger partial charge in [-0.25, -0.2) is 9.97 Å². The van der Waals surface area contributed by atoms with Crippen LogP contribution in [0.15, 0.2) is 24.3 Å². The van der Waals surface area contributed by atoms with Crippen molar-refractivity contribution in [3.8, 4) is 0 Å². The molecule has 0 bridgehead atoms. The largest absolute Gasteiger partial charge is 0.389 e. The Morgan fingerprint density at radius 1 is 1.05 bits per heavy atom. The van der Waals surface area contributed by atoms with Crippen LogP contribution in [0.5, 0.6) is 0 Å². The molecule has 1 saturated heterocycles. The summed E-state index contributed by atoms with van der Waals surface area (Å²) in [6.07, 6.45) is 0.382. The molecule has 1 aliphatic rings. The Morgan fingerprint density at radius 2 is 1.76 bits per heavy atom. The predicted molar refractivity (Wildman–Crippen MR) is 221 cm³/mol. The number of likely N-dealkylation sites (tertiary alicyclic amines) is 1. The highest BCUT2D eigenvalue weighted by atomic mass is 16.5. The number of aromatic nitrogens is 3. The maximum atomic E-state index is 14.1. The van der Waals surface area contributed by atoms with Gasteiger partial charge in [0.05, 0.1) is 36.1 Å². The summed E-state index contributed by atoms with van der Waals surface area (Å²) in [4.78, 5) is 82.0. The smallest absolute Gasteiger partial charge is 0.248 e. The second kappa shape index (κ2) is 20.8. The minimum atomic E-state index is -1.26. The molecule has 1 aliphatic heterocycles. The molecule has 18 nitrogen and oxygen atoms in total. The standard InChI is InChI=1S/C40H63N11O7/c1-9-58-23-31-45-34-35(51(31)24-40(4,5)57)26-13-10-11-14-27(26)44-36(34)47-38(55)33(25(2)3)46-37(54)29-15-12-17-50(29)39(56)28(21-30(41)52)43-32(53)22-49(8)20-19-48(7)18-16-42-6/h10-11,13-14,25,28-29,33,42,57H,9,12,15-24H2,1-8H3,(H2,41,52)(H,43,53)(H,46,54)(H,44,47,55)/t28-,29-,33-/m0/s1. The summed E-state index contributed by atoms with van der Waals surface area (Å²) in [5.41, 5.74) is 6.06. The number of fused-ring (bicyclic) bond motifs is 3. The molecule has 5 amide bonds. The summed E-state index contributed by atoms with van der Waals surface area (Å²) in [6.45, 7) is 12.9. The number of nitrogens with zero attached hydrogens (tertiary/aromatic N) is 6. The molecule has 3 heterocycles. The van der Waals surface area contributed by atoms with Crippen molar-refractivity contribution in [2.24, 2.45) is 11.7 Å². The number of imidazole rings is 1. The molecule has 0 unspecified atom stereocenters. The summed E-state index contributed by atoms with van der Waals surface area (Å²) >= 11 is 0. The van der Waals surface area contributed by atoms with E-state index in [1.54, 1.807) is 34.7 Å². The van der Waals surface area contributed by atoms with E-state index in [1.807, 2.05) is 54.8 Å². The van der Waals surface area contributed by atoms with Crippen LogP contribution in [-0.2, 0) is 41.9 Å². The molecule has 320 valence electrons. The van der Waals surface area contributed by atoms with Crippen LogP contribution in [0.1, 0.15) is 59.7 Å². The van der Waals surface area contributed by atoms with Crippen LogP contribution >= 0.6 is 0 Å². The van der Waals surface area contributed by atoms with Crippen LogP contribution in [-0.4, -0.2) is 155 Å². The molecule has 0 spiro atoms. The van der Waals surface area contributed by atoms with Gasteiger partial charge >= 0.3 is 0 Å². The van der Waals surface area contributed by atoms with Gasteiger partial charge in [0.1, 0.15) is 36.1 Å². The first-order valence-electron chi connectivity index (χ1n) is 20.0. The van der Waals surface area contributed by atoms with Crippen LogP contribution in [0.2, 0.25) is 0 Å². The molecule has 3 aromatic rings. The highest BCUT2D eigenvalue weighted by molar-refractivity contribution is 6.10. The molecule has 18 heteroatoms. The summed E-state index contributed by atoms with van der Waals surface area (Å²) in [7, 11) is 5.66. The Balaban J connectivity index is 1.52. The molecular weight excluding hydrogens is 747 g/mol. The second-order valence-electron chi connectivity index (χ2n) is 16.1. The number of nitrogens with one attached hydrogen (secondary N) is 4. The number of aliphatic hydroxyl groups is 1. The third-order valence-corrected chi connectivity index (χ3v) is 10.0. The minimum absolute atomic E-state index is 0.0105. The molecule has 0 radical (unpaired) electrons. The van der Waals surface area contributed by atoms with Crippen molar-refractivity contribution < 1.29 is 33.8 Å². The number of likely N-dealkylation sites (N-methyl/N-ethyl adjacent to an activating group) is 3. The van der Waals surface area contributed by atoms with Crippen molar-refractivity contribution in [1.29, 1.82) is 0 Å². The molecule has 1 fully saturated rings. The van der Waals surface area contributed by atoms with E-state index in [9.17, 15) is 29.1 Å². The van der Waals surface area contributed by atoms with E-state index in [0.717, 1.165) is 25.0 Å². The zero-order chi connectivity index (χ0) is 42.7. The van der Waals surface area contributed by atoms with E-state index in [0.29, 0.717) is 48.4 Å². The zero-order valence-electron chi connectivity index (χ0n) is 35.3. The normalized spacial score (nSPS) is 15.7. The zero-order valence-corrected chi connectivity index (χ0v) is 35.3. The quantitative estimate of drug-likeness (QED) is 0.0811. The first-order chi connectivity index (χ1) is 27.4. The first-order valence-corrected chi connectivity index (χ1v) is 20.0.